The number of aromatic amines is 1. The monoisotopic (exact) mass is 409 g/mol. The number of H-pyrrole nitrogens is 1. The van der Waals surface area contributed by atoms with Crippen LogP contribution >= 0.6 is 0 Å². The lowest BCUT2D eigenvalue weighted by atomic mass is 9.94. The van der Waals surface area contributed by atoms with Crippen molar-refractivity contribution in [3.8, 4) is 0 Å². The van der Waals surface area contributed by atoms with E-state index in [-0.39, 0.29) is 23.4 Å². The number of pyridine rings is 2. The molecule has 30 heavy (non-hydrogen) atoms. The van der Waals surface area contributed by atoms with Crippen molar-refractivity contribution in [2.75, 3.05) is 18.0 Å². The van der Waals surface area contributed by atoms with Crippen LogP contribution in [0.3, 0.4) is 0 Å². The highest BCUT2D eigenvalue weighted by molar-refractivity contribution is 5.72. The number of aromatic nitrogens is 3. The van der Waals surface area contributed by atoms with Gasteiger partial charge in [-0.15, -0.1) is 0 Å². The van der Waals surface area contributed by atoms with Gasteiger partial charge in [0.2, 0.25) is 0 Å². The molecule has 0 bridgehead atoms. The minimum atomic E-state index is -0.605. The molecule has 1 aliphatic heterocycles. The second-order valence-corrected chi connectivity index (χ2v) is 8.42. The Morgan fingerprint density at radius 2 is 1.97 bits per heavy atom. The summed E-state index contributed by atoms with van der Waals surface area (Å²) in [6.07, 6.45) is 7.32. The van der Waals surface area contributed by atoms with E-state index in [1.807, 2.05) is 17.0 Å². The van der Waals surface area contributed by atoms with Crippen molar-refractivity contribution in [1.29, 1.82) is 0 Å². The van der Waals surface area contributed by atoms with Crippen molar-refractivity contribution < 1.29 is 4.39 Å². The summed E-state index contributed by atoms with van der Waals surface area (Å²) in [7, 11) is 0. The van der Waals surface area contributed by atoms with Gasteiger partial charge >= 0.3 is 5.69 Å². The first-order valence-electron chi connectivity index (χ1n) is 10.3. The molecule has 1 saturated heterocycles. The number of nitrogens with one attached hydrogen (secondary N) is 1. The molecule has 1 aliphatic carbocycles. The van der Waals surface area contributed by atoms with Crippen LogP contribution in [-0.4, -0.2) is 27.5 Å². The number of anilines is 1. The Kier molecular flexibility index (Phi) is 4.47. The van der Waals surface area contributed by atoms with E-state index < -0.39 is 11.5 Å². The minimum Gasteiger partial charge on any atom is -0.368 e. The molecular formula is C22H24FN5O2. The van der Waals surface area contributed by atoms with Crippen LogP contribution in [0.4, 0.5) is 10.1 Å². The Balaban J connectivity index is 1.56. The van der Waals surface area contributed by atoms with Gasteiger partial charge in [-0.3, -0.25) is 19.2 Å². The zero-order chi connectivity index (χ0) is 21.0. The van der Waals surface area contributed by atoms with Crippen LogP contribution in [0.25, 0.3) is 5.52 Å². The first-order valence-corrected chi connectivity index (χ1v) is 10.3. The molecule has 156 valence electrons. The Bertz CT molecular complexity index is 1230. The van der Waals surface area contributed by atoms with Gasteiger partial charge in [-0.05, 0) is 55.7 Å². The van der Waals surface area contributed by atoms with Crippen molar-refractivity contribution in [2.24, 2.45) is 11.7 Å². The fourth-order valence-electron chi connectivity index (χ4n) is 4.82. The summed E-state index contributed by atoms with van der Waals surface area (Å²) in [5.41, 5.74) is 8.77. The molecule has 2 fully saturated rings. The fraction of sp³-hybridized carbons (Fsp3) is 0.409. The molecule has 1 saturated carbocycles. The van der Waals surface area contributed by atoms with Gasteiger partial charge in [0.15, 0.2) is 5.82 Å². The van der Waals surface area contributed by atoms with Gasteiger partial charge in [0, 0.05) is 42.7 Å². The van der Waals surface area contributed by atoms with E-state index in [1.54, 1.807) is 19.3 Å². The first-order chi connectivity index (χ1) is 14.5. The second kappa shape index (κ2) is 7.05. The maximum atomic E-state index is 15.2. The van der Waals surface area contributed by atoms with Crippen molar-refractivity contribution in [2.45, 2.75) is 38.1 Å². The summed E-state index contributed by atoms with van der Waals surface area (Å²) in [6, 6.07) is 3.67. The zero-order valence-corrected chi connectivity index (χ0v) is 16.8. The quantitative estimate of drug-likeness (QED) is 0.689. The maximum absolute atomic E-state index is 15.2. The molecule has 3 aromatic heterocycles. The Hall–Kier alpha value is -3.00. The Morgan fingerprint density at radius 1 is 1.23 bits per heavy atom. The van der Waals surface area contributed by atoms with Crippen molar-refractivity contribution in [1.82, 2.24) is 14.4 Å². The third kappa shape index (κ3) is 3.02. The molecule has 3 aromatic rings. The largest absolute Gasteiger partial charge is 0.368 e. The van der Waals surface area contributed by atoms with E-state index in [0.29, 0.717) is 35.4 Å². The fourth-order valence-corrected chi connectivity index (χ4v) is 4.82. The van der Waals surface area contributed by atoms with Gasteiger partial charge in [-0.2, -0.15) is 0 Å². The third-order valence-electron chi connectivity index (χ3n) is 6.48. The lowest BCUT2D eigenvalue weighted by Crippen LogP contribution is -2.31. The predicted molar refractivity (Wildman–Crippen MR) is 112 cm³/mol. The highest BCUT2D eigenvalue weighted by Crippen LogP contribution is 2.42. The topological polar surface area (TPSA) is 96.5 Å². The SMILES string of the molecule is Cc1c(N2CCC(C(N)c3ccncc3)C2)c(F)cn2c(=O)[nH]c(=O)c(C3CC3)c12. The summed E-state index contributed by atoms with van der Waals surface area (Å²) >= 11 is 0. The molecule has 7 nitrogen and oxygen atoms in total. The van der Waals surface area contributed by atoms with Gasteiger partial charge in [0.1, 0.15) is 0 Å². The van der Waals surface area contributed by atoms with E-state index in [0.717, 1.165) is 24.8 Å². The number of nitrogens with two attached hydrogens (primary N) is 1. The van der Waals surface area contributed by atoms with E-state index in [2.05, 4.69) is 9.97 Å². The first kappa shape index (κ1) is 19.0. The number of rotatable bonds is 4. The minimum absolute atomic E-state index is 0.132. The van der Waals surface area contributed by atoms with E-state index in [1.165, 1.54) is 10.6 Å². The molecule has 2 aliphatic rings. The second-order valence-electron chi connectivity index (χ2n) is 8.42. The molecule has 0 amide bonds. The van der Waals surface area contributed by atoms with Crippen molar-refractivity contribution >= 4 is 11.2 Å². The standard InChI is InChI=1S/C22H24FN5O2/c1-12-19(27-9-6-15(10-27)18(24)14-4-7-25-8-5-14)16(23)11-28-20(12)17(13-2-3-13)21(29)26-22(28)30/h4-5,7-8,11,13,15,18H,2-3,6,9-10,24H2,1H3,(H,26,29,30). The number of nitrogens with zero attached hydrogens (tertiary/aromatic N) is 3. The summed E-state index contributed by atoms with van der Waals surface area (Å²) in [6.45, 7) is 3.09. The van der Waals surface area contributed by atoms with E-state index in [9.17, 15) is 9.59 Å². The number of hydrogen-bond acceptors (Lipinski definition) is 5. The van der Waals surface area contributed by atoms with Gasteiger partial charge in [0.25, 0.3) is 5.56 Å². The van der Waals surface area contributed by atoms with E-state index in [4.69, 9.17) is 5.73 Å². The summed E-state index contributed by atoms with van der Waals surface area (Å²) in [4.78, 5) is 33.2. The molecule has 4 heterocycles. The van der Waals surface area contributed by atoms with Crippen LogP contribution < -0.4 is 21.9 Å². The van der Waals surface area contributed by atoms with Gasteiger partial charge < -0.3 is 10.6 Å². The van der Waals surface area contributed by atoms with Crippen LogP contribution in [0.5, 0.6) is 0 Å². The van der Waals surface area contributed by atoms with Crippen LogP contribution in [0.1, 0.15) is 47.9 Å². The molecule has 0 aromatic carbocycles. The summed E-state index contributed by atoms with van der Waals surface area (Å²) in [5.74, 6) is -0.159. The highest BCUT2D eigenvalue weighted by atomic mass is 19.1. The number of halogens is 1. The molecule has 0 radical (unpaired) electrons. The molecule has 2 atom stereocenters. The van der Waals surface area contributed by atoms with Gasteiger partial charge in [-0.25, -0.2) is 9.18 Å². The molecule has 5 rings (SSSR count). The third-order valence-corrected chi connectivity index (χ3v) is 6.48. The summed E-state index contributed by atoms with van der Waals surface area (Å²) in [5, 5.41) is 0. The van der Waals surface area contributed by atoms with Crippen LogP contribution in [0, 0.1) is 18.7 Å². The highest BCUT2D eigenvalue weighted by Gasteiger charge is 2.34. The molecule has 8 heteroatoms. The number of hydrogen-bond donors (Lipinski definition) is 2. The van der Waals surface area contributed by atoms with Crippen molar-refractivity contribution in [3.63, 3.8) is 0 Å². The predicted octanol–water partition coefficient (Wildman–Crippen LogP) is 2.23. The summed E-state index contributed by atoms with van der Waals surface area (Å²) < 4.78 is 16.4. The van der Waals surface area contributed by atoms with E-state index >= 15 is 4.39 Å². The Morgan fingerprint density at radius 3 is 2.67 bits per heavy atom. The molecule has 3 N–H and O–H groups in total. The normalized spacial score (nSPS) is 20.1. The number of aryl methyl sites for hydroxylation is 1. The lowest BCUT2D eigenvalue weighted by molar-refractivity contribution is 0.473. The van der Waals surface area contributed by atoms with Gasteiger partial charge in [0.05, 0.1) is 17.4 Å². The molecular weight excluding hydrogens is 385 g/mol. The molecule has 2 unspecified atom stereocenters. The Labute approximate surface area is 172 Å². The van der Waals surface area contributed by atoms with Crippen LogP contribution in [0.15, 0.2) is 40.3 Å². The lowest BCUT2D eigenvalue weighted by Gasteiger charge is -2.25. The average molecular weight is 409 g/mol. The van der Waals surface area contributed by atoms with Crippen LogP contribution in [0.2, 0.25) is 0 Å². The smallest absolute Gasteiger partial charge is 0.333 e. The van der Waals surface area contributed by atoms with Crippen LogP contribution in [-0.2, 0) is 0 Å². The molecule has 0 spiro atoms. The van der Waals surface area contributed by atoms with Crippen molar-refractivity contribution in [3.05, 3.63) is 74.1 Å². The number of fused-ring (bicyclic) bond motifs is 1. The average Bonchev–Trinajstić information content (AvgIpc) is 3.45. The van der Waals surface area contributed by atoms with Gasteiger partial charge in [-0.1, -0.05) is 0 Å². The maximum Gasteiger partial charge on any atom is 0.333 e. The zero-order valence-electron chi connectivity index (χ0n) is 16.8.